The molecule has 30 heavy (non-hydrogen) atoms. The van der Waals surface area contributed by atoms with Gasteiger partial charge >= 0.3 is 0 Å². The lowest BCUT2D eigenvalue weighted by molar-refractivity contribution is 0.0457. The number of likely N-dealkylation sites (tertiary alicyclic amines) is 1. The molecule has 0 radical (unpaired) electrons. The van der Waals surface area contributed by atoms with Gasteiger partial charge in [-0.05, 0) is 44.7 Å². The van der Waals surface area contributed by atoms with Crippen LogP contribution in [0.4, 0.5) is 0 Å². The molecule has 2 aliphatic rings. The number of nitrogens with one attached hydrogen (secondary N) is 1. The van der Waals surface area contributed by atoms with Crippen molar-refractivity contribution in [2.75, 3.05) is 33.9 Å². The largest absolute Gasteiger partial charge is 0.497 e. The average Bonchev–Trinajstić information content (AvgIpc) is 3.26. The van der Waals surface area contributed by atoms with E-state index >= 15 is 0 Å². The van der Waals surface area contributed by atoms with Gasteiger partial charge in [-0.1, -0.05) is 0 Å². The van der Waals surface area contributed by atoms with Crippen molar-refractivity contribution in [3.05, 3.63) is 41.5 Å². The van der Waals surface area contributed by atoms with Gasteiger partial charge in [-0.15, -0.1) is 0 Å². The second-order valence-corrected chi connectivity index (χ2v) is 8.52. The molecule has 1 amide bonds. The molecule has 3 heterocycles. The molecule has 162 valence electrons. The number of ether oxygens (including phenoxy) is 2. The first-order chi connectivity index (χ1) is 14.5. The summed E-state index contributed by atoms with van der Waals surface area (Å²) < 4.78 is 10.6. The number of imidazole rings is 1. The van der Waals surface area contributed by atoms with E-state index in [0.29, 0.717) is 35.1 Å². The van der Waals surface area contributed by atoms with Crippen molar-refractivity contribution in [3.63, 3.8) is 0 Å². The molecule has 1 saturated heterocycles. The van der Waals surface area contributed by atoms with Gasteiger partial charge in [-0.3, -0.25) is 9.69 Å². The number of amides is 1. The zero-order valence-electron chi connectivity index (χ0n) is 18.4. The lowest BCUT2D eigenvalue weighted by Crippen LogP contribution is -2.47. The van der Waals surface area contributed by atoms with Gasteiger partial charge in [0.25, 0.3) is 5.91 Å². The highest BCUT2D eigenvalue weighted by Crippen LogP contribution is 2.40. The predicted octanol–water partition coefficient (Wildman–Crippen LogP) is 3.29. The molecular formula is C23H32N4O3. The minimum absolute atomic E-state index is 0.0375. The zero-order chi connectivity index (χ0) is 21.3. The Kier molecular flexibility index (Phi) is 5.99. The minimum atomic E-state index is 0.0375. The Morgan fingerprint density at radius 2 is 1.77 bits per heavy atom. The highest BCUT2D eigenvalue weighted by Gasteiger charge is 2.38. The number of carbonyl (C=O) groups excluding carboxylic acids is 1. The molecule has 1 atom stereocenters. The number of piperidine rings is 1. The van der Waals surface area contributed by atoms with Gasteiger partial charge in [0.1, 0.15) is 11.5 Å². The van der Waals surface area contributed by atoms with Gasteiger partial charge in [0.2, 0.25) is 0 Å². The number of aromatic amines is 1. The highest BCUT2D eigenvalue weighted by molar-refractivity contribution is 5.95. The van der Waals surface area contributed by atoms with Crippen molar-refractivity contribution in [2.45, 2.75) is 45.2 Å². The molecule has 0 aliphatic carbocycles. The van der Waals surface area contributed by atoms with E-state index < -0.39 is 0 Å². The molecule has 2 aliphatic heterocycles. The molecule has 4 rings (SSSR count). The van der Waals surface area contributed by atoms with E-state index in [1.165, 1.54) is 11.4 Å². The maximum Gasteiger partial charge on any atom is 0.254 e. The van der Waals surface area contributed by atoms with Crippen molar-refractivity contribution in [2.24, 2.45) is 5.92 Å². The van der Waals surface area contributed by atoms with E-state index in [1.807, 2.05) is 11.2 Å². The number of nitrogens with zero attached hydrogens (tertiary/aromatic N) is 3. The summed E-state index contributed by atoms with van der Waals surface area (Å²) in [6.45, 7) is 7.09. The van der Waals surface area contributed by atoms with Crippen LogP contribution in [0.3, 0.4) is 0 Å². The third kappa shape index (κ3) is 3.90. The van der Waals surface area contributed by atoms with Gasteiger partial charge in [0, 0.05) is 49.4 Å². The molecule has 1 unspecified atom stereocenters. The number of hydrogen-bond acceptors (Lipinski definition) is 5. The summed E-state index contributed by atoms with van der Waals surface area (Å²) in [5.74, 6) is 1.80. The van der Waals surface area contributed by atoms with Crippen LogP contribution in [0, 0.1) is 5.92 Å². The van der Waals surface area contributed by atoms with Crippen molar-refractivity contribution in [3.8, 4) is 11.5 Å². The van der Waals surface area contributed by atoms with Gasteiger partial charge in [0.05, 0.1) is 32.3 Å². The van der Waals surface area contributed by atoms with Gasteiger partial charge in [-0.25, -0.2) is 4.98 Å². The molecular weight excluding hydrogens is 380 g/mol. The number of aromatic nitrogens is 2. The minimum Gasteiger partial charge on any atom is -0.497 e. The Hall–Kier alpha value is -2.54. The second-order valence-electron chi connectivity index (χ2n) is 8.52. The van der Waals surface area contributed by atoms with Crippen LogP contribution in [-0.2, 0) is 6.42 Å². The number of hydrogen-bond donors (Lipinski definition) is 1. The van der Waals surface area contributed by atoms with Crippen molar-refractivity contribution in [1.29, 1.82) is 0 Å². The zero-order valence-corrected chi connectivity index (χ0v) is 18.4. The van der Waals surface area contributed by atoms with E-state index in [4.69, 9.17) is 9.47 Å². The fourth-order valence-corrected chi connectivity index (χ4v) is 4.93. The summed E-state index contributed by atoms with van der Waals surface area (Å²) in [6, 6.07) is 6.16. The summed E-state index contributed by atoms with van der Waals surface area (Å²) in [7, 11) is 3.20. The van der Waals surface area contributed by atoms with E-state index in [-0.39, 0.29) is 5.91 Å². The highest BCUT2D eigenvalue weighted by atomic mass is 16.5. The van der Waals surface area contributed by atoms with Crippen LogP contribution >= 0.6 is 0 Å². The van der Waals surface area contributed by atoms with Crippen LogP contribution in [-0.4, -0.2) is 65.6 Å². The Labute approximate surface area is 178 Å². The Morgan fingerprint density at radius 3 is 2.37 bits per heavy atom. The quantitative estimate of drug-likeness (QED) is 0.816. The Morgan fingerprint density at radius 1 is 1.10 bits per heavy atom. The van der Waals surface area contributed by atoms with E-state index in [1.54, 1.807) is 32.4 Å². The van der Waals surface area contributed by atoms with Crippen LogP contribution < -0.4 is 9.47 Å². The van der Waals surface area contributed by atoms with Crippen LogP contribution in [0.1, 0.15) is 54.5 Å². The Balaban J connectivity index is 1.48. The average molecular weight is 413 g/mol. The smallest absolute Gasteiger partial charge is 0.254 e. The third-order valence-electron chi connectivity index (χ3n) is 6.54. The molecule has 7 heteroatoms. The topological polar surface area (TPSA) is 70.7 Å². The summed E-state index contributed by atoms with van der Waals surface area (Å²) in [4.78, 5) is 25.7. The maximum atomic E-state index is 13.1. The van der Waals surface area contributed by atoms with Gasteiger partial charge in [0.15, 0.2) is 0 Å². The summed E-state index contributed by atoms with van der Waals surface area (Å²) >= 11 is 0. The van der Waals surface area contributed by atoms with Crippen molar-refractivity contribution in [1.82, 2.24) is 19.8 Å². The molecule has 7 nitrogen and oxygen atoms in total. The monoisotopic (exact) mass is 412 g/mol. The fourth-order valence-electron chi connectivity index (χ4n) is 4.93. The molecule has 1 aromatic carbocycles. The lowest BCUT2D eigenvalue weighted by Gasteiger charge is -2.44. The van der Waals surface area contributed by atoms with E-state index in [9.17, 15) is 4.79 Å². The van der Waals surface area contributed by atoms with E-state index in [2.05, 4.69) is 28.7 Å². The first-order valence-electron chi connectivity index (χ1n) is 10.8. The number of benzene rings is 1. The lowest BCUT2D eigenvalue weighted by atomic mass is 9.83. The first kappa shape index (κ1) is 20.7. The Bertz CT molecular complexity index is 864. The van der Waals surface area contributed by atoms with Crippen LogP contribution in [0.25, 0.3) is 0 Å². The number of carbonyl (C=O) groups is 1. The fraction of sp³-hybridized carbons (Fsp3) is 0.565. The van der Waals surface area contributed by atoms with Crippen molar-refractivity contribution >= 4 is 5.91 Å². The van der Waals surface area contributed by atoms with Crippen LogP contribution in [0.2, 0.25) is 0 Å². The van der Waals surface area contributed by atoms with Gasteiger partial charge < -0.3 is 19.4 Å². The van der Waals surface area contributed by atoms with Crippen LogP contribution in [0.5, 0.6) is 11.5 Å². The standard InChI is InChI=1S/C23H32N4O3/c1-15(2)27-10-7-20-21(25-14-24-20)22(27)16-5-8-26(9-6-16)23(28)17-11-18(29-3)13-19(12-17)30-4/h11-16,22H,5-10H2,1-4H3,(H,24,25). The first-order valence-corrected chi connectivity index (χ1v) is 10.8. The van der Waals surface area contributed by atoms with Crippen LogP contribution in [0.15, 0.2) is 24.5 Å². The molecule has 0 spiro atoms. The number of rotatable bonds is 5. The predicted molar refractivity (Wildman–Crippen MR) is 115 cm³/mol. The maximum absolute atomic E-state index is 13.1. The second kappa shape index (κ2) is 8.68. The molecule has 1 N–H and O–H groups in total. The van der Waals surface area contributed by atoms with E-state index in [0.717, 1.165) is 38.9 Å². The summed E-state index contributed by atoms with van der Waals surface area (Å²) in [5, 5.41) is 0. The number of methoxy groups -OCH3 is 2. The SMILES string of the molecule is COc1cc(OC)cc(C(=O)N2CCC(C3c4nc[nH]c4CCN3C(C)C)CC2)c1. The number of H-pyrrole nitrogens is 1. The van der Waals surface area contributed by atoms with Crippen molar-refractivity contribution < 1.29 is 14.3 Å². The van der Waals surface area contributed by atoms with Gasteiger partial charge in [-0.2, -0.15) is 0 Å². The summed E-state index contributed by atoms with van der Waals surface area (Å²) in [6.07, 6.45) is 4.81. The normalized spacial score (nSPS) is 20.3. The molecule has 0 saturated carbocycles. The number of fused-ring (bicyclic) bond motifs is 1. The summed E-state index contributed by atoms with van der Waals surface area (Å²) in [5.41, 5.74) is 3.09. The molecule has 1 aromatic heterocycles. The molecule has 1 fully saturated rings. The molecule has 0 bridgehead atoms. The molecule has 2 aromatic rings. The third-order valence-corrected chi connectivity index (χ3v) is 6.54.